The Hall–Kier alpha value is -1.36. The summed E-state index contributed by atoms with van der Waals surface area (Å²) in [5, 5.41) is 21.8. The van der Waals surface area contributed by atoms with Gasteiger partial charge in [0.15, 0.2) is 0 Å². The van der Waals surface area contributed by atoms with Crippen LogP contribution in [0.3, 0.4) is 0 Å². The van der Waals surface area contributed by atoms with Gasteiger partial charge in [0.25, 0.3) is 0 Å². The number of β-amino-alcohol motifs (C(OH)–C–C–N with tert-alkyl or cyclic N) is 1. The van der Waals surface area contributed by atoms with Crippen molar-refractivity contribution in [1.82, 2.24) is 20.0 Å². The van der Waals surface area contributed by atoms with Gasteiger partial charge >= 0.3 is 5.97 Å². The zero-order valence-electron chi connectivity index (χ0n) is 16.2. The predicted molar refractivity (Wildman–Crippen MR) is 102 cm³/mol. The Kier molecular flexibility index (Phi) is 7.49. The van der Waals surface area contributed by atoms with Crippen LogP contribution in [-0.2, 0) is 14.4 Å². The molecule has 0 bridgehead atoms. The molecule has 2 saturated heterocycles. The lowest BCUT2D eigenvalue weighted by Crippen LogP contribution is -2.54. The van der Waals surface area contributed by atoms with Gasteiger partial charge in [0.2, 0.25) is 11.8 Å². The van der Waals surface area contributed by atoms with Crippen molar-refractivity contribution in [3.63, 3.8) is 0 Å². The smallest absolute Gasteiger partial charge is 0.327 e. The van der Waals surface area contributed by atoms with E-state index in [0.29, 0.717) is 12.4 Å². The summed E-state index contributed by atoms with van der Waals surface area (Å²) in [6.07, 6.45) is 0.828. The average Bonchev–Trinajstić information content (AvgIpc) is 2.80. The summed E-state index contributed by atoms with van der Waals surface area (Å²) in [5.41, 5.74) is -0.459. The summed E-state index contributed by atoms with van der Waals surface area (Å²) < 4.78 is 0. The topological polar surface area (TPSA) is 113 Å². The number of aliphatic hydroxyl groups excluding tert-OH is 1. The van der Waals surface area contributed by atoms with E-state index in [9.17, 15) is 19.5 Å². The molecule has 2 fully saturated rings. The molecule has 2 heterocycles. The first-order valence-electron chi connectivity index (χ1n) is 9.10. The third-order valence-electron chi connectivity index (χ3n) is 5.31. The quantitative estimate of drug-likeness (QED) is 0.467. The summed E-state index contributed by atoms with van der Waals surface area (Å²) in [4.78, 5) is 41.1. The van der Waals surface area contributed by atoms with E-state index in [0.717, 1.165) is 25.9 Å². The molecule has 9 nitrogen and oxygen atoms in total. The number of amides is 2. The fourth-order valence-corrected chi connectivity index (χ4v) is 4.66. The molecule has 10 heteroatoms. The molecule has 0 aliphatic carbocycles. The molecule has 0 radical (unpaired) electrons. The van der Waals surface area contributed by atoms with Gasteiger partial charge in [-0.05, 0) is 26.9 Å². The Morgan fingerprint density at radius 3 is 2.44 bits per heavy atom. The summed E-state index contributed by atoms with van der Waals surface area (Å²) in [5.74, 6) is -0.975. The van der Waals surface area contributed by atoms with E-state index in [1.807, 2.05) is 7.05 Å². The minimum absolute atomic E-state index is 0.0730. The Morgan fingerprint density at radius 1 is 1.26 bits per heavy atom. The van der Waals surface area contributed by atoms with Crippen LogP contribution >= 0.6 is 11.8 Å². The minimum atomic E-state index is -1.10. The van der Waals surface area contributed by atoms with E-state index in [1.54, 1.807) is 4.90 Å². The molecular weight excluding hydrogens is 372 g/mol. The highest BCUT2D eigenvalue weighted by molar-refractivity contribution is 7.99. The van der Waals surface area contributed by atoms with Gasteiger partial charge in [0.05, 0.1) is 12.8 Å². The van der Waals surface area contributed by atoms with Crippen molar-refractivity contribution in [2.45, 2.75) is 37.5 Å². The molecule has 2 amide bonds. The van der Waals surface area contributed by atoms with Crippen LogP contribution in [0.15, 0.2) is 0 Å². The second kappa shape index (κ2) is 9.22. The van der Waals surface area contributed by atoms with Crippen LogP contribution in [-0.4, -0.2) is 112 Å². The van der Waals surface area contributed by atoms with Crippen LogP contribution in [0.1, 0.15) is 19.8 Å². The van der Waals surface area contributed by atoms with Crippen LogP contribution < -0.4 is 5.32 Å². The molecule has 0 aromatic rings. The van der Waals surface area contributed by atoms with Gasteiger partial charge in [-0.3, -0.25) is 14.5 Å². The molecular formula is C17H30N4O5S. The largest absolute Gasteiger partial charge is 0.480 e. The van der Waals surface area contributed by atoms with E-state index in [-0.39, 0.29) is 18.2 Å². The number of carboxylic acids is 1. The van der Waals surface area contributed by atoms with Gasteiger partial charge in [-0.15, -0.1) is 0 Å². The fraction of sp³-hybridized carbons (Fsp3) is 0.824. The van der Waals surface area contributed by atoms with E-state index in [4.69, 9.17) is 5.11 Å². The zero-order valence-corrected chi connectivity index (χ0v) is 17.0. The number of thioether (sulfide) groups is 1. The van der Waals surface area contributed by atoms with Crippen LogP contribution in [0.25, 0.3) is 0 Å². The molecule has 154 valence electrons. The van der Waals surface area contributed by atoms with Crippen molar-refractivity contribution in [3.8, 4) is 0 Å². The predicted octanol–water partition coefficient (Wildman–Crippen LogP) is -1.13. The average molecular weight is 403 g/mol. The van der Waals surface area contributed by atoms with Gasteiger partial charge in [-0.2, -0.15) is 11.8 Å². The van der Waals surface area contributed by atoms with Crippen LogP contribution in [0.4, 0.5) is 0 Å². The maximum Gasteiger partial charge on any atom is 0.327 e. The Balaban J connectivity index is 1.82. The number of piperidine rings is 1. The molecule has 2 aliphatic heterocycles. The summed E-state index contributed by atoms with van der Waals surface area (Å²) in [6.45, 7) is 3.74. The number of likely N-dealkylation sites (tertiary alicyclic amines) is 1. The lowest BCUT2D eigenvalue weighted by atomic mass is 9.86. The maximum absolute atomic E-state index is 13.0. The van der Waals surface area contributed by atoms with Gasteiger partial charge in [0.1, 0.15) is 11.6 Å². The van der Waals surface area contributed by atoms with Gasteiger partial charge in [-0.1, -0.05) is 0 Å². The summed E-state index contributed by atoms with van der Waals surface area (Å²) in [7, 11) is 4.01. The van der Waals surface area contributed by atoms with Crippen molar-refractivity contribution in [2.75, 3.05) is 51.9 Å². The normalized spacial score (nSPS) is 22.8. The van der Waals surface area contributed by atoms with E-state index in [2.05, 4.69) is 22.2 Å². The summed E-state index contributed by atoms with van der Waals surface area (Å²) in [6, 6.07) is -0.984. The Bertz CT molecular complexity index is 568. The van der Waals surface area contributed by atoms with E-state index in [1.165, 1.54) is 18.7 Å². The number of hydrogen-bond acceptors (Lipinski definition) is 7. The third kappa shape index (κ3) is 5.34. The van der Waals surface area contributed by atoms with Crippen molar-refractivity contribution in [3.05, 3.63) is 0 Å². The van der Waals surface area contributed by atoms with Crippen molar-refractivity contribution in [2.24, 2.45) is 0 Å². The zero-order chi connectivity index (χ0) is 20.2. The highest BCUT2D eigenvalue weighted by Gasteiger charge is 2.51. The van der Waals surface area contributed by atoms with E-state index >= 15 is 0 Å². The van der Waals surface area contributed by atoms with Crippen molar-refractivity contribution >= 4 is 29.5 Å². The van der Waals surface area contributed by atoms with Gasteiger partial charge in [0, 0.05) is 38.1 Å². The number of aliphatic hydroxyl groups is 1. The standard InChI is InChI=1S/C17H30N4O5S/c1-12(22)18-14(15(24)25)10-27-9-13(23)8-21-11-20(3)17(16(21)26)4-6-19(2)7-5-17/h13-14,23H,4-11H2,1-3H3,(H,18,22)(H,24,25). The first-order valence-corrected chi connectivity index (χ1v) is 10.3. The highest BCUT2D eigenvalue weighted by atomic mass is 32.2. The highest BCUT2D eigenvalue weighted by Crippen LogP contribution is 2.34. The first kappa shape index (κ1) is 21.9. The molecule has 2 rings (SSSR count). The number of carboxylic acid groups (broad SMARTS) is 1. The number of hydrogen-bond donors (Lipinski definition) is 3. The first-order chi connectivity index (χ1) is 12.7. The lowest BCUT2D eigenvalue weighted by Gasteiger charge is -2.39. The number of likely N-dealkylation sites (N-methyl/N-ethyl adjacent to an activating group) is 1. The minimum Gasteiger partial charge on any atom is -0.480 e. The molecule has 2 unspecified atom stereocenters. The monoisotopic (exact) mass is 402 g/mol. The van der Waals surface area contributed by atoms with Gasteiger partial charge in [-0.25, -0.2) is 4.79 Å². The molecule has 27 heavy (non-hydrogen) atoms. The second-order valence-corrected chi connectivity index (χ2v) is 8.56. The Labute approximate surface area is 164 Å². The number of carbonyl (C=O) groups is 3. The molecule has 1 spiro atoms. The van der Waals surface area contributed by atoms with Gasteiger partial charge < -0.3 is 25.3 Å². The molecule has 0 aromatic carbocycles. The number of nitrogens with zero attached hydrogens (tertiary/aromatic N) is 3. The number of nitrogens with one attached hydrogen (secondary N) is 1. The molecule has 2 atom stereocenters. The number of carbonyl (C=O) groups excluding carboxylic acids is 2. The molecule has 2 aliphatic rings. The van der Waals surface area contributed by atoms with Crippen LogP contribution in [0.5, 0.6) is 0 Å². The van der Waals surface area contributed by atoms with E-state index < -0.39 is 29.6 Å². The third-order valence-corrected chi connectivity index (χ3v) is 6.50. The van der Waals surface area contributed by atoms with Crippen LogP contribution in [0, 0.1) is 0 Å². The van der Waals surface area contributed by atoms with Crippen LogP contribution in [0.2, 0.25) is 0 Å². The number of aliphatic carboxylic acids is 1. The number of rotatable bonds is 8. The lowest BCUT2D eigenvalue weighted by molar-refractivity contribution is -0.140. The molecule has 3 N–H and O–H groups in total. The molecule has 0 saturated carbocycles. The SMILES string of the molecule is CC(=O)NC(CSCC(O)CN1CN(C)C2(CCN(C)CC2)C1=O)C(=O)O. The Morgan fingerprint density at radius 2 is 1.89 bits per heavy atom. The van der Waals surface area contributed by atoms with Crippen molar-refractivity contribution < 1.29 is 24.6 Å². The molecule has 0 aromatic heterocycles. The fourth-order valence-electron chi connectivity index (χ4n) is 3.69. The van der Waals surface area contributed by atoms with Crippen molar-refractivity contribution in [1.29, 1.82) is 0 Å². The summed E-state index contributed by atoms with van der Waals surface area (Å²) >= 11 is 1.25. The maximum atomic E-state index is 13.0. The second-order valence-electron chi connectivity index (χ2n) is 7.48.